The van der Waals surface area contributed by atoms with Crippen LogP contribution in [0.5, 0.6) is 0 Å². The molecular weight excluding hydrogens is 268 g/mol. The molecule has 0 spiro atoms. The van der Waals surface area contributed by atoms with E-state index < -0.39 is 0 Å². The molecular formula is C14H20N6O. The highest BCUT2D eigenvalue weighted by atomic mass is 16.5. The first-order valence-corrected chi connectivity index (χ1v) is 7.60. The maximum atomic E-state index is 5.47. The second-order valence-electron chi connectivity index (χ2n) is 5.82. The summed E-state index contributed by atoms with van der Waals surface area (Å²) >= 11 is 0. The Balaban J connectivity index is 1.41. The third kappa shape index (κ3) is 2.58. The topological polar surface area (TPSA) is 58.8 Å². The van der Waals surface area contributed by atoms with Crippen molar-refractivity contribution in [3.63, 3.8) is 0 Å². The molecule has 0 bridgehead atoms. The van der Waals surface area contributed by atoms with Gasteiger partial charge in [0, 0.05) is 45.5 Å². The molecule has 21 heavy (non-hydrogen) atoms. The van der Waals surface area contributed by atoms with Gasteiger partial charge in [-0.1, -0.05) is 0 Å². The Kier molecular flexibility index (Phi) is 3.44. The largest absolute Gasteiger partial charge is 0.381 e. The smallest absolute Gasteiger partial charge is 0.256 e. The van der Waals surface area contributed by atoms with Gasteiger partial charge in [-0.2, -0.15) is 0 Å². The SMILES string of the molecule is c1cc(N2CCN(C[C@H]3CCOC3)CC2)n2cnnc2n1. The van der Waals surface area contributed by atoms with E-state index in [0.717, 1.165) is 51.1 Å². The Morgan fingerprint density at radius 3 is 2.95 bits per heavy atom. The van der Waals surface area contributed by atoms with Crippen molar-refractivity contribution in [3.05, 3.63) is 18.6 Å². The van der Waals surface area contributed by atoms with Crippen LogP contribution >= 0.6 is 0 Å². The molecule has 0 N–H and O–H groups in total. The number of ether oxygens (including phenoxy) is 1. The second-order valence-corrected chi connectivity index (χ2v) is 5.82. The summed E-state index contributed by atoms with van der Waals surface area (Å²) in [5.41, 5.74) is 0. The van der Waals surface area contributed by atoms with E-state index in [4.69, 9.17) is 4.74 Å². The molecule has 1 atom stereocenters. The maximum absolute atomic E-state index is 5.47. The van der Waals surface area contributed by atoms with E-state index in [1.807, 2.05) is 16.7 Å². The van der Waals surface area contributed by atoms with Crippen molar-refractivity contribution >= 4 is 11.6 Å². The van der Waals surface area contributed by atoms with Crippen molar-refractivity contribution in [1.29, 1.82) is 0 Å². The standard InChI is InChI=1S/C14H20N6O/c1-3-15-14-17-16-11-20(14)13(1)19-6-4-18(5-7-19)9-12-2-8-21-10-12/h1,3,11-12H,2,4-10H2/t12-/m1/s1. The molecule has 0 radical (unpaired) electrons. The Morgan fingerprint density at radius 2 is 2.14 bits per heavy atom. The van der Waals surface area contributed by atoms with Gasteiger partial charge < -0.3 is 9.64 Å². The average Bonchev–Trinajstić information content (AvgIpc) is 3.18. The lowest BCUT2D eigenvalue weighted by Gasteiger charge is -2.36. The van der Waals surface area contributed by atoms with Gasteiger partial charge in [0.15, 0.2) is 0 Å². The lowest BCUT2D eigenvalue weighted by Crippen LogP contribution is -2.48. The fourth-order valence-electron chi connectivity index (χ4n) is 3.24. The van der Waals surface area contributed by atoms with E-state index in [-0.39, 0.29) is 0 Å². The molecule has 2 aromatic rings. The fraction of sp³-hybridized carbons (Fsp3) is 0.643. The van der Waals surface area contributed by atoms with Gasteiger partial charge in [-0.3, -0.25) is 9.30 Å². The Morgan fingerprint density at radius 1 is 1.24 bits per heavy atom. The monoisotopic (exact) mass is 288 g/mol. The number of nitrogens with zero attached hydrogens (tertiary/aromatic N) is 6. The van der Waals surface area contributed by atoms with Gasteiger partial charge in [-0.05, 0) is 18.4 Å². The van der Waals surface area contributed by atoms with Crippen molar-refractivity contribution in [2.45, 2.75) is 6.42 Å². The van der Waals surface area contributed by atoms with E-state index in [2.05, 4.69) is 25.0 Å². The Bertz CT molecular complexity index is 600. The van der Waals surface area contributed by atoms with Crippen molar-refractivity contribution in [1.82, 2.24) is 24.5 Å². The zero-order valence-corrected chi connectivity index (χ0v) is 12.1. The van der Waals surface area contributed by atoms with Crippen LogP contribution in [0.4, 0.5) is 5.82 Å². The molecule has 4 heterocycles. The minimum absolute atomic E-state index is 0.665. The van der Waals surface area contributed by atoms with Crippen LogP contribution in [0.15, 0.2) is 18.6 Å². The predicted octanol–water partition coefficient (Wildman–Crippen LogP) is 0.283. The number of rotatable bonds is 3. The van der Waals surface area contributed by atoms with Crippen molar-refractivity contribution in [2.75, 3.05) is 50.8 Å². The summed E-state index contributed by atoms with van der Waals surface area (Å²) in [6, 6.07) is 2.04. The molecule has 7 nitrogen and oxygen atoms in total. The van der Waals surface area contributed by atoms with Crippen LogP contribution in [0.1, 0.15) is 6.42 Å². The number of fused-ring (bicyclic) bond motifs is 1. The quantitative estimate of drug-likeness (QED) is 0.809. The summed E-state index contributed by atoms with van der Waals surface area (Å²) in [5.74, 6) is 2.52. The maximum Gasteiger partial charge on any atom is 0.256 e. The zero-order chi connectivity index (χ0) is 14.1. The summed E-state index contributed by atoms with van der Waals surface area (Å²) < 4.78 is 7.43. The van der Waals surface area contributed by atoms with Gasteiger partial charge in [0.1, 0.15) is 12.1 Å². The lowest BCUT2D eigenvalue weighted by atomic mass is 10.1. The van der Waals surface area contributed by atoms with Crippen molar-refractivity contribution < 1.29 is 4.74 Å². The number of aromatic nitrogens is 4. The summed E-state index contributed by atoms with van der Waals surface area (Å²) in [5, 5.41) is 7.95. The zero-order valence-electron chi connectivity index (χ0n) is 12.1. The Labute approximate surface area is 123 Å². The third-order valence-corrected chi connectivity index (χ3v) is 4.43. The predicted molar refractivity (Wildman–Crippen MR) is 78.4 cm³/mol. The molecule has 7 heteroatoms. The van der Waals surface area contributed by atoms with Gasteiger partial charge in [0.25, 0.3) is 5.78 Å². The average molecular weight is 288 g/mol. The van der Waals surface area contributed by atoms with Gasteiger partial charge in [-0.25, -0.2) is 4.98 Å². The van der Waals surface area contributed by atoms with Crippen LogP contribution in [0.3, 0.4) is 0 Å². The Hall–Kier alpha value is -1.73. The number of hydrogen-bond acceptors (Lipinski definition) is 6. The minimum atomic E-state index is 0.665. The lowest BCUT2D eigenvalue weighted by molar-refractivity contribution is 0.164. The van der Waals surface area contributed by atoms with Crippen molar-refractivity contribution in [3.8, 4) is 0 Å². The highest BCUT2D eigenvalue weighted by Crippen LogP contribution is 2.19. The third-order valence-electron chi connectivity index (χ3n) is 4.43. The second kappa shape index (κ2) is 5.57. The van der Waals surface area contributed by atoms with E-state index in [9.17, 15) is 0 Å². The number of piperazine rings is 1. The van der Waals surface area contributed by atoms with Crippen LogP contribution in [0.25, 0.3) is 5.78 Å². The number of hydrogen-bond donors (Lipinski definition) is 0. The number of anilines is 1. The highest BCUT2D eigenvalue weighted by molar-refractivity contribution is 5.46. The van der Waals surface area contributed by atoms with E-state index in [0.29, 0.717) is 5.78 Å². The molecule has 112 valence electrons. The van der Waals surface area contributed by atoms with E-state index in [1.54, 1.807) is 6.33 Å². The molecule has 4 rings (SSSR count). The molecule has 2 aliphatic heterocycles. The first kappa shape index (κ1) is 13.0. The highest BCUT2D eigenvalue weighted by Gasteiger charge is 2.23. The van der Waals surface area contributed by atoms with Crippen LogP contribution < -0.4 is 4.90 Å². The molecule has 2 saturated heterocycles. The molecule has 2 fully saturated rings. The van der Waals surface area contributed by atoms with Crippen LogP contribution in [-0.4, -0.2) is 70.4 Å². The first-order chi connectivity index (χ1) is 10.4. The van der Waals surface area contributed by atoms with Gasteiger partial charge in [0.05, 0.1) is 6.61 Å². The molecule has 0 aromatic carbocycles. The normalized spacial score (nSPS) is 24.0. The first-order valence-electron chi connectivity index (χ1n) is 7.60. The van der Waals surface area contributed by atoms with Crippen LogP contribution in [0.2, 0.25) is 0 Å². The molecule has 0 amide bonds. The van der Waals surface area contributed by atoms with E-state index >= 15 is 0 Å². The molecule has 0 unspecified atom stereocenters. The summed E-state index contributed by atoms with van der Waals surface area (Å²) in [6.07, 6.45) is 4.76. The summed E-state index contributed by atoms with van der Waals surface area (Å²) in [7, 11) is 0. The molecule has 0 aliphatic carbocycles. The fourth-order valence-corrected chi connectivity index (χ4v) is 3.24. The van der Waals surface area contributed by atoms with E-state index in [1.165, 1.54) is 13.0 Å². The van der Waals surface area contributed by atoms with Crippen molar-refractivity contribution in [2.24, 2.45) is 5.92 Å². The molecule has 0 saturated carbocycles. The molecule has 2 aliphatic rings. The minimum Gasteiger partial charge on any atom is -0.381 e. The van der Waals surface area contributed by atoms with Gasteiger partial charge in [-0.15, -0.1) is 10.2 Å². The molecule has 2 aromatic heterocycles. The van der Waals surface area contributed by atoms with Gasteiger partial charge in [0.2, 0.25) is 0 Å². The van der Waals surface area contributed by atoms with Crippen LogP contribution in [-0.2, 0) is 4.74 Å². The van der Waals surface area contributed by atoms with Gasteiger partial charge >= 0.3 is 0 Å². The summed E-state index contributed by atoms with van der Waals surface area (Å²) in [4.78, 5) is 9.16. The van der Waals surface area contributed by atoms with Crippen LogP contribution in [0, 0.1) is 5.92 Å². The summed E-state index contributed by atoms with van der Waals surface area (Å²) in [6.45, 7) is 7.31.